The molecule has 3 aromatic heterocycles. The molecule has 4 N–H and O–H groups in total. The summed E-state index contributed by atoms with van der Waals surface area (Å²) < 4.78 is 5.14. The van der Waals surface area contributed by atoms with Gasteiger partial charge in [0.1, 0.15) is 0 Å². The van der Waals surface area contributed by atoms with Gasteiger partial charge in [0, 0.05) is 77.6 Å². The van der Waals surface area contributed by atoms with E-state index in [0.29, 0.717) is 56.6 Å². The number of ketones is 1. The van der Waals surface area contributed by atoms with Gasteiger partial charge in [-0.2, -0.15) is 0 Å². The van der Waals surface area contributed by atoms with Gasteiger partial charge in [-0.3, -0.25) is 29.1 Å². The molecule has 3 unspecified atom stereocenters. The van der Waals surface area contributed by atoms with Crippen LogP contribution in [-0.4, -0.2) is 77.2 Å². The molecule has 0 spiro atoms. The van der Waals surface area contributed by atoms with Gasteiger partial charge < -0.3 is 35.6 Å². The molecule has 2 amide bonds. The van der Waals surface area contributed by atoms with E-state index in [2.05, 4.69) is 24.5 Å². The van der Waals surface area contributed by atoms with Gasteiger partial charge in [0.2, 0.25) is 11.8 Å². The first kappa shape index (κ1) is 41.5. The SMILES string of the molecule is CC[C@H]1c2cc3[n-]c(c(CC(=O)OC)c4nc(cc5[n-]c(cc(n2)C1C)c(C(C)=O)c5C)C(C)[C@@H]4CCC(=O)NC)c(C(=O)NCC(O)CO)c3C.[Pd+2]. The van der Waals surface area contributed by atoms with Crippen molar-refractivity contribution in [1.29, 1.82) is 0 Å². The summed E-state index contributed by atoms with van der Waals surface area (Å²) in [6.07, 6.45) is -0.132. The van der Waals surface area contributed by atoms with Gasteiger partial charge in [0.15, 0.2) is 5.78 Å². The molecule has 14 heteroatoms. The molecule has 3 aromatic rings. The van der Waals surface area contributed by atoms with Crippen LogP contribution in [0.15, 0.2) is 18.2 Å². The predicted octanol–water partition coefficient (Wildman–Crippen LogP) is 3.90. The predicted molar refractivity (Wildman–Crippen MR) is 195 cm³/mol. The van der Waals surface area contributed by atoms with Crippen LogP contribution >= 0.6 is 0 Å². The van der Waals surface area contributed by atoms with Crippen molar-refractivity contribution in [3.63, 3.8) is 0 Å². The Kier molecular flexibility index (Phi) is 13.5. The zero-order valence-electron chi connectivity index (χ0n) is 31.4. The topological polar surface area (TPSA) is 196 Å². The van der Waals surface area contributed by atoms with E-state index in [9.17, 15) is 29.4 Å². The minimum absolute atomic E-state index is 0. The van der Waals surface area contributed by atoms with Gasteiger partial charge in [-0.15, -0.1) is 22.1 Å². The summed E-state index contributed by atoms with van der Waals surface area (Å²) in [5.74, 6) is -2.03. The number of nitrogens with zero attached hydrogens (tertiary/aromatic N) is 4. The second-order valence-corrected chi connectivity index (χ2v) is 13.8. The van der Waals surface area contributed by atoms with E-state index in [1.165, 1.54) is 14.0 Å². The van der Waals surface area contributed by atoms with Gasteiger partial charge in [-0.05, 0) is 39.2 Å². The normalized spacial score (nSPS) is 18.5. The van der Waals surface area contributed by atoms with Gasteiger partial charge >= 0.3 is 26.4 Å². The van der Waals surface area contributed by atoms with E-state index < -0.39 is 24.6 Å². The summed E-state index contributed by atoms with van der Waals surface area (Å²) in [4.78, 5) is 72.9. The number of hydrogen-bond acceptors (Lipinski definition) is 9. The molecular formula is C39H48N6O7Pd. The van der Waals surface area contributed by atoms with Crippen molar-refractivity contribution in [1.82, 2.24) is 30.6 Å². The van der Waals surface area contributed by atoms with Gasteiger partial charge in [0.05, 0.1) is 26.2 Å². The molecule has 0 radical (unpaired) electrons. The third kappa shape index (κ3) is 8.31. The number of fused-ring (bicyclic) bond motifs is 8. The minimum atomic E-state index is -1.18. The molecule has 2 aliphatic heterocycles. The van der Waals surface area contributed by atoms with Gasteiger partial charge in [0.25, 0.3) is 0 Å². The largest absolute Gasteiger partial charge is 2.00 e. The maximum Gasteiger partial charge on any atom is 2.00 e. The first-order valence-electron chi connectivity index (χ1n) is 17.8. The quantitative estimate of drug-likeness (QED) is 0.125. The number of amides is 2. The number of methoxy groups -OCH3 is 1. The number of aliphatic hydroxyl groups excluding tert-OH is 2. The Morgan fingerprint density at radius 1 is 0.925 bits per heavy atom. The molecule has 0 fully saturated rings. The fourth-order valence-electron chi connectivity index (χ4n) is 7.46. The molecule has 286 valence electrons. The van der Waals surface area contributed by atoms with Crippen LogP contribution in [0.4, 0.5) is 0 Å². The summed E-state index contributed by atoms with van der Waals surface area (Å²) in [5, 5.41) is 24.9. The number of rotatable bonds is 11. The van der Waals surface area contributed by atoms with E-state index in [-0.39, 0.29) is 86.3 Å². The molecule has 8 bridgehead atoms. The van der Waals surface area contributed by atoms with Crippen LogP contribution in [-0.2, 0) is 41.2 Å². The van der Waals surface area contributed by atoms with Crippen molar-refractivity contribution in [3.8, 4) is 0 Å². The number of esters is 1. The van der Waals surface area contributed by atoms with Crippen LogP contribution in [0.25, 0.3) is 22.1 Å². The summed E-state index contributed by atoms with van der Waals surface area (Å²) >= 11 is 0. The zero-order chi connectivity index (χ0) is 38.0. The van der Waals surface area contributed by atoms with Crippen LogP contribution in [0.1, 0.15) is 131 Å². The molecule has 0 saturated carbocycles. The third-order valence-electron chi connectivity index (χ3n) is 10.6. The number of aryl methyl sites for hydroxylation is 2. The van der Waals surface area contributed by atoms with Gasteiger partial charge in [-0.1, -0.05) is 50.1 Å². The fraction of sp³-hybridized carbons (Fsp3) is 0.487. The van der Waals surface area contributed by atoms with E-state index in [4.69, 9.17) is 24.7 Å². The van der Waals surface area contributed by atoms with Crippen molar-refractivity contribution >= 4 is 45.6 Å². The number of aliphatic hydroxyl groups is 2. The summed E-state index contributed by atoms with van der Waals surface area (Å²) in [5.41, 5.74) is 6.78. The standard InChI is InChI=1S/C39H50N6O7.Pd/c1-9-24-18(2)27-15-32-35(22(6)47)20(4)29(43-32)13-28-19(3)25(10-11-33(49)40-7)37(44-28)26(12-34(50)52-8)38-36(39(51)41-16-23(48)17-46)21(5)30(45-38)14-31(24)42-27;/h13-15,18-19,23-25,46,48H,9-12,16-17H2,1-8H3,(H4,40,41,42,43,44,45,47,49,51);/q;+2/p-2/t18?,19?,23?,24-,25+;/m1./s1. The smallest absolute Gasteiger partial charge is 0.657 e. The second kappa shape index (κ2) is 17.3. The first-order chi connectivity index (χ1) is 24.7. The van der Waals surface area contributed by atoms with Crippen LogP contribution < -0.4 is 20.6 Å². The van der Waals surface area contributed by atoms with Crippen molar-refractivity contribution in [2.45, 2.75) is 97.0 Å². The van der Waals surface area contributed by atoms with Crippen LogP contribution in [0.3, 0.4) is 0 Å². The van der Waals surface area contributed by atoms with E-state index in [0.717, 1.165) is 17.8 Å². The van der Waals surface area contributed by atoms with E-state index in [1.807, 2.05) is 32.0 Å². The fourth-order valence-corrected chi connectivity index (χ4v) is 7.46. The third-order valence-corrected chi connectivity index (χ3v) is 10.6. The Morgan fingerprint density at radius 3 is 2.15 bits per heavy atom. The zero-order valence-corrected chi connectivity index (χ0v) is 33.0. The Balaban J connectivity index is 0.00000627. The minimum Gasteiger partial charge on any atom is -0.657 e. The number of carbonyl (C=O) groups excluding carboxylic acids is 4. The number of Topliss-reactive ketones (excluding diaryl/α,β-unsaturated/α-hetero) is 1. The molecule has 5 rings (SSSR count). The summed E-state index contributed by atoms with van der Waals surface area (Å²) in [6.45, 7) is 10.6. The molecular weight excluding hydrogens is 771 g/mol. The summed E-state index contributed by atoms with van der Waals surface area (Å²) in [7, 11) is 2.85. The molecule has 0 saturated heterocycles. The van der Waals surface area contributed by atoms with E-state index >= 15 is 0 Å². The molecule has 5 heterocycles. The maximum absolute atomic E-state index is 14.0. The molecule has 2 aliphatic rings. The van der Waals surface area contributed by atoms with Crippen LogP contribution in [0.2, 0.25) is 0 Å². The monoisotopic (exact) mass is 818 g/mol. The molecule has 53 heavy (non-hydrogen) atoms. The van der Waals surface area contributed by atoms with E-state index in [1.54, 1.807) is 14.0 Å². The van der Waals surface area contributed by atoms with Crippen molar-refractivity contribution < 1.29 is 54.6 Å². The Hall–Kier alpha value is -4.22. The Bertz CT molecular complexity index is 2070. The first-order valence-corrected chi connectivity index (χ1v) is 17.8. The van der Waals surface area contributed by atoms with Gasteiger partial charge in [-0.25, -0.2) is 0 Å². The van der Waals surface area contributed by atoms with Crippen LogP contribution in [0.5, 0.6) is 0 Å². The molecule has 5 atom stereocenters. The summed E-state index contributed by atoms with van der Waals surface area (Å²) in [6, 6.07) is 5.60. The molecule has 0 aromatic carbocycles. The number of aromatic nitrogens is 4. The average Bonchev–Trinajstić information content (AvgIpc) is 3.81. The maximum atomic E-state index is 14.0. The number of nitrogens with one attached hydrogen (secondary N) is 2. The second-order valence-electron chi connectivity index (χ2n) is 13.8. The molecule has 13 nitrogen and oxygen atoms in total. The Morgan fingerprint density at radius 2 is 1.53 bits per heavy atom. The Labute approximate surface area is 322 Å². The molecule has 0 aliphatic carbocycles. The van der Waals surface area contributed by atoms with Crippen molar-refractivity contribution in [2.24, 2.45) is 0 Å². The number of ether oxygens (including phenoxy) is 1. The number of hydrogen-bond donors (Lipinski definition) is 4. The average molecular weight is 819 g/mol. The van der Waals surface area contributed by atoms with Crippen molar-refractivity contribution in [2.75, 3.05) is 27.3 Å². The van der Waals surface area contributed by atoms with Crippen LogP contribution in [0, 0.1) is 13.8 Å². The van der Waals surface area contributed by atoms with Crippen molar-refractivity contribution in [3.05, 3.63) is 68.8 Å². The number of carbonyl (C=O) groups is 4.